The zero-order valence-corrected chi connectivity index (χ0v) is 27.0. The zero-order chi connectivity index (χ0) is 28.4. The van der Waals surface area contributed by atoms with E-state index in [9.17, 15) is 0 Å². The second-order valence-corrected chi connectivity index (χ2v) is 15.4. The molecule has 0 N–H and O–H groups in total. The highest BCUT2D eigenvalue weighted by molar-refractivity contribution is 7.65. The Bertz CT molecular complexity index is 1260. The Labute approximate surface area is 253 Å². The number of benzene rings is 5. The Morgan fingerprint density at radius 3 is 0.951 bits per heavy atom. The van der Waals surface area contributed by atoms with Crippen LogP contribution in [0.15, 0.2) is 152 Å². The topological polar surface area (TPSA) is 0 Å². The third-order valence-corrected chi connectivity index (χ3v) is 12.9. The number of rotatable bonds is 13. The highest BCUT2D eigenvalue weighted by atomic mass is 31.1. The first-order chi connectivity index (χ1) is 20.1. The monoisotopic (exact) mass is 590 g/mol. The van der Waals surface area contributed by atoms with Gasteiger partial charge in [0.25, 0.3) is 0 Å². The molecular weight excluding hydrogens is 549 g/mol. The molecule has 0 radical (unpaired) electrons. The SMILES string of the molecule is PC(CCCP(CCCC(P)(c1ccccc1)c1ccccc1)c1ccccc1)(c1ccccc1)c1ccccc1. The van der Waals surface area contributed by atoms with E-state index in [1.807, 2.05) is 0 Å². The molecule has 5 aromatic rings. The molecule has 0 bridgehead atoms. The van der Waals surface area contributed by atoms with Gasteiger partial charge < -0.3 is 0 Å². The molecule has 0 saturated carbocycles. The molecule has 2 unspecified atom stereocenters. The van der Waals surface area contributed by atoms with Crippen LogP contribution in [0, 0.1) is 0 Å². The summed E-state index contributed by atoms with van der Waals surface area (Å²) in [4.78, 5) is 0. The van der Waals surface area contributed by atoms with Crippen LogP contribution in [0.1, 0.15) is 47.9 Å². The van der Waals surface area contributed by atoms with Gasteiger partial charge in [-0.3, -0.25) is 0 Å². The molecule has 0 heterocycles. The van der Waals surface area contributed by atoms with E-state index < -0.39 is 0 Å². The van der Waals surface area contributed by atoms with Gasteiger partial charge in [-0.1, -0.05) is 160 Å². The summed E-state index contributed by atoms with van der Waals surface area (Å²) in [7, 11) is 6.22. The molecule has 0 amide bonds. The summed E-state index contributed by atoms with van der Waals surface area (Å²) in [5.41, 5.74) is 5.50. The van der Waals surface area contributed by atoms with Gasteiger partial charge in [0.05, 0.1) is 0 Å². The van der Waals surface area contributed by atoms with Crippen LogP contribution in [0.4, 0.5) is 0 Å². The van der Waals surface area contributed by atoms with Crippen molar-refractivity contribution in [3.63, 3.8) is 0 Å². The van der Waals surface area contributed by atoms with E-state index in [-0.39, 0.29) is 18.2 Å². The lowest BCUT2D eigenvalue weighted by atomic mass is 9.86. The summed E-state index contributed by atoms with van der Waals surface area (Å²) in [6.07, 6.45) is 7.10. The van der Waals surface area contributed by atoms with Gasteiger partial charge in [0.1, 0.15) is 0 Å². The molecule has 3 heteroatoms. The van der Waals surface area contributed by atoms with Crippen molar-refractivity contribution in [2.45, 2.75) is 36.0 Å². The number of hydrogen-bond acceptors (Lipinski definition) is 0. The lowest BCUT2D eigenvalue weighted by molar-refractivity contribution is 0.641. The van der Waals surface area contributed by atoms with Gasteiger partial charge in [-0.25, -0.2) is 0 Å². The minimum atomic E-state index is -0.256. The van der Waals surface area contributed by atoms with Crippen LogP contribution in [0.25, 0.3) is 0 Å². The smallest absolute Gasteiger partial charge is 0.0344 e. The summed E-state index contributed by atoms with van der Waals surface area (Å²) in [6, 6.07) is 55.4. The second-order valence-electron chi connectivity index (χ2n) is 10.9. The Morgan fingerprint density at radius 2 is 0.659 bits per heavy atom. The summed E-state index contributed by atoms with van der Waals surface area (Å²) < 4.78 is 0. The highest BCUT2D eigenvalue weighted by Crippen LogP contribution is 2.47. The fourth-order valence-electron chi connectivity index (χ4n) is 5.96. The zero-order valence-electron chi connectivity index (χ0n) is 23.8. The van der Waals surface area contributed by atoms with Crippen molar-refractivity contribution in [2.75, 3.05) is 12.3 Å². The standard InChI is InChI=1S/C38H41P3/c39-37(32-18-6-1-7-19-32,33-20-8-2-9-21-33)28-16-30-41(36-26-14-5-15-27-36)31-17-29-38(40,34-22-10-3-11-23-34)35-24-12-4-13-25-35/h1-15,18-27H,16-17,28-31,39-40H2. The van der Waals surface area contributed by atoms with Crippen LogP contribution in [0.3, 0.4) is 0 Å². The van der Waals surface area contributed by atoms with E-state index in [0.29, 0.717) is 0 Å². The van der Waals surface area contributed by atoms with Gasteiger partial charge in [-0.05, 0) is 65.6 Å². The largest absolute Gasteiger partial charge is 0.122 e. The second kappa shape index (κ2) is 14.5. The molecule has 0 saturated heterocycles. The predicted octanol–water partition coefficient (Wildman–Crippen LogP) is 9.99. The lowest BCUT2D eigenvalue weighted by Crippen LogP contribution is -2.21. The third kappa shape index (κ3) is 7.43. The van der Waals surface area contributed by atoms with Gasteiger partial charge >= 0.3 is 0 Å². The summed E-state index contributed by atoms with van der Waals surface area (Å²) >= 11 is 0. The summed E-state index contributed by atoms with van der Waals surface area (Å²) in [5.74, 6) is 0. The van der Waals surface area contributed by atoms with E-state index >= 15 is 0 Å². The quantitative estimate of drug-likeness (QED) is 0.120. The normalized spacial score (nSPS) is 12.0. The molecule has 0 aliphatic rings. The van der Waals surface area contributed by atoms with Gasteiger partial charge in [0.15, 0.2) is 0 Å². The average molecular weight is 591 g/mol. The fourth-order valence-corrected chi connectivity index (χ4v) is 9.55. The third-order valence-electron chi connectivity index (χ3n) is 8.28. The van der Waals surface area contributed by atoms with Gasteiger partial charge in [-0.15, -0.1) is 18.5 Å². The molecule has 0 aliphatic carbocycles. The first kappa shape index (κ1) is 29.9. The molecule has 5 rings (SSSR count). The van der Waals surface area contributed by atoms with E-state index in [1.165, 1.54) is 52.7 Å². The fraction of sp³-hybridized carbons (Fsp3) is 0.211. The van der Waals surface area contributed by atoms with Crippen molar-refractivity contribution in [3.8, 4) is 0 Å². The van der Waals surface area contributed by atoms with E-state index in [4.69, 9.17) is 0 Å². The minimum absolute atomic E-state index is 0.0734. The van der Waals surface area contributed by atoms with E-state index in [2.05, 4.69) is 170 Å². The van der Waals surface area contributed by atoms with Crippen LogP contribution < -0.4 is 5.30 Å². The average Bonchev–Trinajstić information content (AvgIpc) is 3.06. The van der Waals surface area contributed by atoms with Crippen LogP contribution in [-0.4, -0.2) is 12.3 Å². The minimum Gasteiger partial charge on any atom is -0.122 e. The van der Waals surface area contributed by atoms with Crippen LogP contribution in [0.5, 0.6) is 0 Å². The maximum Gasteiger partial charge on any atom is 0.0344 e. The van der Waals surface area contributed by atoms with Crippen molar-refractivity contribution >= 4 is 31.7 Å². The molecule has 0 fully saturated rings. The van der Waals surface area contributed by atoms with E-state index in [0.717, 1.165) is 12.8 Å². The van der Waals surface area contributed by atoms with Crippen molar-refractivity contribution in [1.29, 1.82) is 0 Å². The Kier molecular flexibility index (Phi) is 10.6. The molecule has 0 aliphatic heterocycles. The van der Waals surface area contributed by atoms with Gasteiger partial charge in [0.2, 0.25) is 0 Å². The Morgan fingerprint density at radius 1 is 0.390 bits per heavy atom. The van der Waals surface area contributed by atoms with Crippen LogP contribution >= 0.6 is 26.4 Å². The number of hydrogen-bond donors (Lipinski definition) is 0. The van der Waals surface area contributed by atoms with Gasteiger partial charge in [-0.2, -0.15) is 0 Å². The molecule has 0 aromatic heterocycles. The van der Waals surface area contributed by atoms with Gasteiger partial charge in [0, 0.05) is 10.3 Å². The van der Waals surface area contributed by atoms with E-state index in [1.54, 1.807) is 0 Å². The first-order valence-corrected chi connectivity index (χ1v) is 17.6. The molecule has 0 nitrogen and oxygen atoms in total. The maximum atomic E-state index is 3.24. The molecule has 41 heavy (non-hydrogen) atoms. The van der Waals surface area contributed by atoms with Crippen molar-refractivity contribution in [2.24, 2.45) is 0 Å². The molecule has 2 atom stereocenters. The lowest BCUT2D eigenvalue weighted by Gasteiger charge is -2.33. The van der Waals surface area contributed by atoms with Crippen molar-refractivity contribution in [3.05, 3.63) is 174 Å². The van der Waals surface area contributed by atoms with Crippen LogP contribution in [0.2, 0.25) is 0 Å². The molecule has 0 spiro atoms. The highest BCUT2D eigenvalue weighted by Gasteiger charge is 2.30. The molecular formula is C38H41P3. The van der Waals surface area contributed by atoms with Crippen molar-refractivity contribution in [1.82, 2.24) is 0 Å². The Balaban J connectivity index is 1.32. The predicted molar refractivity (Wildman–Crippen MR) is 188 cm³/mol. The van der Waals surface area contributed by atoms with Crippen LogP contribution in [-0.2, 0) is 10.3 Å². The molecule has 5 aromatic carbocycles. The maximum absolute atomic E-state index is 3.24. The Hall–Kier alpha value is -2.61. The van der Waals surface area contributed by atoms with Crippen molar-refractivity contribution < 1.29 is 0 Å². The first-order valence-electron chi connectivity index (χ1n) is 14.7. The summed E-state index contributed by atoms with van der Waals surface area (Å²) in [5, 5.41) is 1.39. The summed E-state index contributed by atoms with van der Waals surface area (Å²) in [6.45, 7) is 0. The molecule has 208 valence electrons.